The minimum Gasteiger partial charge on any atom is -0.450 e. The molecular formula is C17H27NO5Si. The van der Waals surface area contributed by atoms with Gasteiger partial charge in [-0.2, -0.15) is 0 Å². The van der Waals surface area contributed by atoms with E-state index in [0.717, 1.165) is 0 Å². The topological polar surface area (TPSA) is 89.7 Å². The van der Waals surface area contributed by atoms with E-state index in [2.05, 4.69) is 24.8 Å². The number of carboxylic acid groups (broad SMARTS) is 1. The molecule has 0 amide bonds. The van der Waals surface area contributed by atoms with Crippen molar-refractivity contribution < 1.29 is 19.6 Å². The first-order valence-electron chi connectivity index (χ1n) is 8.24. The number of nitrogens with zero attached hydrogens (tertiary/aromatic N) is 1. The molecule has 0 radical (unpaired) electrons. The Morgan fingerprint density at radius 3 is 2.29 bits per heavy atom. The monoisotopic (exact) mass is 353 g/mol. The predicted octanol–water partition coefficient (Wildman–Crippen LogP) is 4.98. The molecule has 0 aliphatic carbocycles. The summed E-state index contributed by atoms with van der Waals surface area (Å²) in [6.07, 6.45) is 2.65. The average molecular weight is 353 g/mol. The second kappa shape index (κ2) is 8.28. The SMILES string of the molecule is CC1(c2ccc([N+](=O)[O-])cc2)CCCC[Si]1(C)C.CCOC(=O)O. The van der Waals surface area contributed by atoms with Gasteiger partial charge in [0.15, 0.2) is 0 Å². The Balaban J connectivity index is 0.000000413. The highest BCUT2D eigenvalue weighted by Gasteiger charge is 2.45. The summed E-state index contributed by atoms with van der Waals surface area (Å²) in [7, 11) is -1.30. The summed E-state index contributed by atoms with van der Waals surface area (Å²) < 4.78 is 3.96. The minimum atomic E-state index is -1.30. The van der Waals surface area contributed by atoms with Crippen LogP contribution in [-0.4, -0.2) is 30.9 Å². The summed E-state index contributed by atoms with van der Waals surface area (Å²) in [5.41, 5.74) is 1.49. The largest absolute Gasteiger partial charge is 0.505 e. The molecule has 1 unspecified atom stereocenters. The van der Waals surface area contributed by atoms with Crippen molar-refractivity contribution in [2.24, 2.45) is 0 Å². The lowest BCUT2D eigenvalue weighted by atomic mass is 9.93. The second-order valence-corrected chi connectivity index (χ2v) is 12.3. The third kappa shape index (κ3) is 4.80. The van der Waals surface area contributed by atoms with Crippen LogP contribution in [0.3, 0.4) is 0 Å². The number of hydrogen-bond donors (Lipinski definition) is 1. The zero-order valence-electron chi connectivity index (χ0n) is 14.9. The van der Waals surface area contributed by atoms with Crippen LogP contribution in [0.25, 0.3) is 0 Å². The first kappa shape index (κ1) is 20.2. The van der Waals surface area contributed by atoms with Gasteiger partial charge in [-0.3, -0.25) is 10.1 Å². The molecule has 24 heavy (non-hydrogen) atoms. The summed E-state index contributed by atoms with van der Waals surface area (Å²) in [6, 6.07) is 8.61. The highest BCUT2D eigenvalue weighted by molar-refractivity contribution is 6.80. The maximum atomic E-state index is 10.7. The molecule has 0 saturated carbocycles. The fourth-order valence-electron chi connectivity index (χ4n) is 3.27. The van der Waals surface area contributed by atoms with Crippen LogP contribution in [0, 0.1) is 10.1 Å². The molecule has 1 aromatic rings. The van der Waals surface area contributed by atoms with E-state index >= 15 is 0 Å². The molecule has 6 nitrogen and oxygen atoms in total. The molecule has 0 spiro atoms. The van der Waals surface area contributed by atoms with Crippen molar-refractivity contribution in [3.63, 3.8) is 0 Å². The minimum absolute atomic E-state index is 0.192. The standard InChI is InChI=1S/C14H21NO2Si.C3H6O3/c1-14(10-4-5-11-18(14,2)3)12-6-8-13(9-7-12)15(16)17;1-2-6-3(4)5/h6-9H,4-5,10-11H2,1-3H3;2H2,1H3,(H,4,5). The van der Waals surface area contributed by atoms with Crippen LogP contribution >= 0.6 is 0 Å². The van der Waals surface area contributed by atoms with Gasteiger partial charge in [0.1, 0.15) is 0 Å². The van der Waals surface area contributed by atoms with Gasteiger partial charge in [-0.15, -0.1) is 0 Å². The Bertz CT molecular complexity index is 573. The number of rotatable bonds is 3. The molecule has 1 atom stereocenters. The van der Waals surface area contributed by atoms with Crippen molar-refractivity contribution in [1.29, 1.82) is 0 Å². The maximum absolute atomic E-state index is 10.7. The highest BCUT2D eigenvalue weighted by Crippen LogP contribution is 2.45. The normalized spacial score (nSPS) is 22.0. The summed E-state index contributed by atoms with van der Waals surface area (Å²) in [5, 5.41) is 18.7. The average Bonchev–Trinajstić information content (AvgIpc) is 2.51. The van der Waals surface area contributed by atoms with E-state index in [4.69, 9.17) is 5.11 Å². The van der Waals surface area contributed by atoms with E-state index in [1.165, 1.54) is 30.9 Å². The van der Waals surface area contributed by atoms with Crippen molar-refractivity contribution >= 4 is 19.9 Å². The first-order chi connectivity index (χ1) is 11.1. The van der Waals surface area contributed by atoms with E-state index in [1.807, 2.05) is 12.1 Å². The Labute approximate surface area is 144 Å². The number of ether oxygens (including phenoxy) is 1. The van der Waals surface area contributed by atoms with E-state index in [1.54, 1.807) is 19.1 Å². The van der Waals surface area contributed by atoms with Gasteiger partial charge in [-0.1, -0.05) is 51.0 Å². The van der Waals surface area contributed by atoms with Crippen molar-refractivity contribution in [1.82, 2.24) is 0 Å². The van der Waals surface area contributed by atoms with Crippen molar-refractivity contribution in [2.45, 2.75) is 57.3 Å². The van der Waals surface area contributed by atoms with Crippen LogP contribution in [0.5, 0.6) is 0 Å². The van der Waals surface area contributed by atoms with Crippen LogP contribution in [0.4, 0.5) is 10.5 Å². The molecule has 1 aromatic carbocycles. The van der Waals surface area contributed by atoms with Crippen molar-refractivity contribution in [3.05, 3.63) is 39.9 Å². The number of hydrogen-bond acceptors (Lipinski definition) is 4. The van der Waals surface area contributed by atoms with Crippen molar-refractivity contribution in [3.8, 4) is 0 Å². The lowest BCUT2D eigenvalue weighted by Gasteiger charge is -2.47. The van der Waals surface area contributed by atoms with Crippen LogP contribution in [-0.2, 0) is 9.78 Å². The lowest BCUT2D eigenvalue weighted by molar-refractivity contribution is -0.384. The van der Waals surface area contributed by atoms with Gasteiger partial charge in [-0.25, -0.2) is 4.79 Å². The van der Waals surface area contributed by atoms with Gasteiger partial charge in [-0.05, 0) is 23.9 Å². The van der Waals surface area contributed by atoms with Gasteiger partial charge >= 0.3 is 6.16 Å². The van der Waals surface area contributed by atoms with Gasteiger partial charge in [0.05, 0.1) is 19.6 Å². The number of nitro groups is 1. The van der Waals surface area contributed by atoms with E-state index in [9.17, 15) is 14.9 Å². The Hall–Kier alpha value is -1.89. The van der Waals surface area contributed by atoms with E-state index < -0.39 is 14.2 Å². The fraction of sp³-hybridized carbons (Fsp3) is 0.588. The lowest BCUT2D eigenvalue weighted by Crippen LogP contribution is -2.51. The maximum Gasteiger partial charge on any atom is 0.505 e. The summed E-state index contributed by atoms with van der Waals surface area (Å²) in [6.45, 7) is 9.12. The third-order valence-electron chi connectivity index (χ3n) is 5.21. The van der Waals surface area contributed by atoms with Gasteiger partial charge in [0, 0.05) is 12.1 Å². The van der Waals surface area contributed by atoms with Gasteiger partial charge in [0.25, 0.3) is 5.69 Å². The molecule has 1 heterocycles. The Kier molecular flexibility index (Phi) is 6.95. The van der Waals surface area contributed by atoms with Crippen LogP contribution in [0.1, 0.15) is 38.7 Å². The quantitative estimate of drug-likeness (QED) is 0.358. The first-order valence-corrected chi connectivity index (χ1v) is 11.5. The number of non-ortho nitro benzene ring substituents is 1. The molecule has 0 bridgehead atoms. The molecule has 1 aliphatic heterocycles. The number of nitro benzene ring substituents is 1. The van der Waals surface area contributed by atoms with Crippen LogP contribution < -0.4 is 0 Å². The molecule has 1 fully saturated rings. The van der Waals surface area contributed by atoms with Gasteiger partial charge in [0.2, 0.25) is 0 Å². The zero-order chi connectivity index (χ0) is 18.4. The Morgan fingerprint density at radius 1 is 1.33 bits per heavy atom. The predicted molar refractivity (Wildman–Crippen MR) is 96.2 cm³/mol. The molecular weight excluding hydrogens is 326 g/mol. The molecule has 134 valence electrons. The van der Waals surface area contributed by atoms with Crippen molar-refractivity contribution in [2.75, 3.05) is 6.61 Å². The smallest absolute Gasteiger partial charge is 0.450 e. The van der Waals surface area contributed by atoms with E-state index in [0.29, 0.717) is 0 Å². The Morgan fingerprint density at radius 2 is 1.92 bits per heavy atom. The molecule has 7 heteroatoms. The third-order valence-corrected chi connectivity index (χ3v) is 10.3. The zero-order valence-corrected chi connectivity index (χ0v) is 15.9. The molecule has 1 aliphatic rings. The summed E-state index contributed by atoms with van der Waals surface area (Å²) >= 11 is 0. The number of carbonyl (C=O) groups is 1. The van der Waals surface area contributed by atoms with Crippen LogP contribution in [0.2, 0.25) is 19.1 Å². The molecule has 1 saturated heterocycles. The fourth-order valence-corrected chi connectivity index (χ4v) is 6.76. The molecule has 1 N–H and O–H groups in total. The second-order valence-electron chi connectivity index (χ2n) is 6.93. The van der Waals surface area contributed by atoms with E-state index in [-0.39, 0.29) is 22.3 Å². The van der Waals surface area contributed by atoms with Gasteiger partial charge < -0.3 is 9.84 Å². The molecule has 0 aromatic heterocycles. The summed E-state index contributed by atoms with van der Waals surface area (Å²) in [4.78, 5) is 19.8. The number of benzene rings is 1. The van der Waals surface area contributed by atoms with Crippen LogP contribution in [0.15, 0.2) is 24.3 Å². The molecule has 2 rings (SSSR count). The summed E-state index contributed by atoms with van der Waals surface area (Å²) in [5.74, 6) is 0. The highest BCUT2D eigenvalue weighted by atomic mass is 28.3.